The summed E-state index contributed by atoms with van der Waals surface area (Å²) in [5.74, 6) is -0.401. The van der Waals surface area contributed by atoms with Gasteiger partial charge in [-0.1, -0.05) is 6.92 Å². The summed E-state index contributed by atoms with van der Waals surface area (Å²) < 4.78 is 23.0. The lowest BCUT2D eigenvalue weighted by atomic mass is 10.2. The third-order valence-corrected chi connectivity index (χ3v) is 7.10. The second-order valence-electron chi connectivity index (χ2n) is 4.31. The number of thiophene rings is 1. The Kier molecular flexibility index (Phi) is 4.84. The summed E-state index contributed by atoms with van der Waals surface area (Å²) in [6.07, 6.45) is 1.38. The van der Waals surface area contributed by atoms with Gasteiger partial charge in [-0.3, -0.25) is 0 Å². The number of sulfone groups is 1. The molecule has 0 amide bonds. The van der Waals surface area contributed by atoms with Gasteiger partial charge in [0.25, 0.3) is 0 Å². The van der Waals surface area contributed by atoms with Crippen LogP contribution in [0.15, 0.2) is 11.4 Å². The largest absolute Gasteiger partial charge is 0.477 e. The first-order valence-electron chi connectivity index (χ1n) is 6.16. The molecule has 0 spiro atoms. The molecule has 0 aromatic carbocycles. The van der Waals surface area contributed by atoms with Gasteiger partial charge in [-0.15, -0.1) is 23.1 Å². The first-order chi connectivity index (χ1) is 9.85. The van der Waals surface area contributed by atoms with Crippen molar-refractivity contribution in [2.24, 2.45) is 0 Å². The van der Waals surface area contributed by atoms with Crippen LogP contribution < -0.4 is 0 Å². The van der Waals surface area contributed by atoms with Crippen LogP contribution in [0.5, 0.6) is 0 Å². The Balaban J connectivity index is 2.30. The van der Waals surface area contributed by atoms with Gasteiger partial charge in [0.05, 0.1) is 5.75 Å². The van der Waals surface area contributed by atoms with E-state index in [0.29, 0.717) is 26.6 Å². The van der Waals surface area contributed by atoms with E-state index in [0.717, 1.165) is 11.3 Å². The fraction of sp³-hybridized carbons (Fsp3) is 0.417. The normalized spacial score (nSPS) is 11.9. The summed E-state index contributed by atoms with van der Waals surface area (Å²) in [4.78, 5) is 20.3. The monoisotopic (exact) mass is 346 g/mol. The van der Waals surface area contributed by atoms with Crippen molar-refractivity contribution in [1.29, 1.82) is 0 Å². The zero-order valence-corrected chi connectivity index (χ0v) is 13.9. The maximum Gasteiger partial charge on any atom is 0.346 e. The summed E-state index contributed by atoms with van der Waals surface area (Å²) in [6.45, 7) is 3.34. The van der Waals surface area contributed by atoms with Crippen LogP contribution in [-0.4, -0.2) is 46.7 Å². The van der Waals surface area contributed by atoms with Gasteiger partial charge < -0.3 is 5.11 Å². The number of hydrogen-bond acceptors (Lipinski definition) is 7. The Morgan fingerprint density at radius 2 is 2.14 bits per heavy atom. The molecule has 2 aromatic heterocycles. The van der Waals surface area contributed by atoms with Crippen LogP contribution in [0.1, 0.15) is 22.2 Å². The van der Waals surface area contributed by atoms with Crippen LogP contribution in [0.4, 0.5) is 0 Å². The molecule has 0 aliphatic carbocycles. The molecule has 2 heterocycles. The van der Waals surface area contributed by atoms with E-state index >= 15 is 0 Å². The van der Waals surface area contributed by atoms with Gasteiger partial charge in [0.15, 0.2) is 9.84 Å². The van der Waals surface area contributed by atoms with Crippen molar-refractivity contribution in [3.63, 3.8) is 0 Å². The molecule has 21 heavy (non-hydrogen) atoms. The molecule has 114 valence electrons. The Morgan fingerprint density at radius 3 is 2.76 bits per heavy atom. The molecule has 0 unspecified atom stereocenters. The molecule has 6 nitrogen and oxygen atoms in total. The van der Waals surface area contributed by atoms with E-state index in [1.807, 2.05) is 0 Å². The average molecular weight is 346 g/mol. The lowest BCUT2D eigenvalue weighted by molar-refractivity contribution is 0.0701. The number of hydrogen-bond donors (Lipinski definition) is 1. The maximum absolute atomic E-state index is 11.5. The molecule has 9 heteroatoms. The number of aromatic nitrogens is 2. The highest BCUT2D eigenvalue weighted by molar-refractivity contribution is 8.00. The predicted octanol–water partition coefficient (Wildman–Crippen LogP) is 2.22. The van der Waals surface area contributed by atoms with Crippen LogP contribution in [0, 0.1) is 6.92 Å². The van der Waals surface area contributed by atoms with Crippen molar-refractivity contribution in [1.82, 2.24) is 9.97 Å². The molecule has 0 aliphatic rings. The van der Waals surface area contributed by atoms with Gasteiger partial charge in [-0.2, -0.15) is 0 Å². The van der Waals surface area contributed by atoms with Crippen LogP contribution in [-0.2, 0) is 9.84 Å². The number of nitrogens with zero attached hydrogens (tertiary/aromatic N) is 2. The molecule has 0 radical (unpaired) electrons. The summed E-state index contributed by atoms with van der Waals surface area (Å²) in [6, 6.07) is 0. The van der Waals surface area contributed by atoms with E-state index in [-0.39, 0.29) is 16.4 Å². The predicted molar refractivity (Wildman–Crippen MR) is 84.2 cm³/mol. The van der Waals surface area contributed by atoms with E-state index < -0.39 is 15.8 Å². The summed E-state index contributed by atoms with van der Waals surface area (Å²) in [5.41, 5.74) is 0.629. The average Bonchev–Trinajstić information content (AvgIpc) is 2.77. The summed E-state index contributed by atoms with van der Waals surface area (Å²) in [5, 5.41) is 10.5. The molecule has 0 saturated heterocycles. The molecular weight excluding hydrogens is 332 g/mol. The summed E-state index contributed by atoms with van der Waals surface area (Å²) >= 11 is 2.42. The zero-order chi connectivity index (χ0) is 15.6. The Hall–Kier alpha value is -1.19. The topological polar surface area (TPSA) is 97.2 Å². The standard InChI is InChI=1S/C12H14N2O4S3/c1-3-21(17,18)5-4-19-10-8-7(2)9(12(15)16)20-11(8)14-6-13-10/h6H,3-5H2,1-2H3,(H,15,16). The highest BCUT2D eigenvalue weighted by Crippen LogP contribution is 2.34. The number of fused-ring (bicyclic) bond motifs is 1. The number of thioether (sulfide) groups is 1. The molecular formula is C12H14N2O4S3. The van der Waals surface area contributed by atoms with Crippen LogP contribution in [0.25, 0.3) is 10.2 Å². The minimum absolute atomic E-state index is 0.0780. The van der Waals surface area contributed by atoms with E-state index in [1.54, 1.807) is 13.8 Å². The van der Waals surface area contributed by atoms with Crippen molar-refractivity contribution in [3.05, 3.63) is 16.8 Å². The number of carboxylic acid groups (broad SMARTS) is 1. The van der Waals surface area contributed by atoms with Gasteiger partial charge in [0.1, 0.15) is 21.1 Å². The third-order valence-electron chi connectivity index (χ3n) is 2.96. The molecule has 0 fully saturated rings. The highest BCUT2D eigenvalue weighted by atomic mass is 32.2. The number of rotatable bonds is 6. The smallest absolute Gasteiger partial charge is 0.346 e. The Morgan fingerprint density at radius 1 is 1.43 bits per heavy atom. The first kappa shape index (κ1) is 16.2. The lowest BCUT2D eigenvalue weighted by Gasteiger charge is -2.03. The van der Waals surface area contributed by atoms with Crippen molar-refractivity contribution in [3.8, 4) is 0 Å². The van der Waals surface area contributed by atoms with Crippen LogP contribution >= 0.6 is 23.1 Å². The van der Waals surface area contributed by atoms with Crippen molar-refractivity contribution >= 4 is 49.1 Å². The van der Waals surface area contributed by atoms with Gasteiger partial charge in [0.2, 0.25) is 0 Å². The number of carboxylic acids is 1. The Labute approximate surface area is 130 Å². The molecule has 2 aromatic rings. The van der Waals surface area contributed by atoms with Crippen molar-refractivity contribution < 1.29 is 18.3 Å². The van der Waals surface area contributed by atoms with Gasteiger partial charge in [-0.25, -0.2) is 23.2 Å². The number of carbonyl (C=O) groups is 1. The zero-order valence-electron chi connectivity index (χ0n) is 11.5. The second kappa shape index (κ2) is 6.29. The quantitative estimate of drug-likeness (QED) is 0.632. The van der Waals surface area contributed by atoms with Crippen LogP contribution in [0.2, 0.25) is 0 Å². The molecule has 0 bridgehead atoms. The van der Waals surface area contributed by atoms with E-state index in [9.17, 15) is 13.2 Å². The van der Waals surface area contributed by atoms with Gasteiger partial charge >= 0.3 is 5.97 Å². The van der Waals surface area contributed by atoms with Crippen molar-refractivity contribution in [2.75, 3.05) is 17.3 Å². The molecule has 1 N–H and O–H groups in total. The Bertz CT molecular complexity index is 783. The minimum Gasteiger partial charge on any atom is -0.477 e. The first-order valence-corrected chi connectivity index (χ1v) is 9.78. The third kappa shape index (κ3) is 3.53. The molecule has 2 rings (SSSR count). The van der Waals surface area contributed by atoms with E-state index in [1.165, 1.54) is 18.1 Å². The lowest BCUT2D eigenvalue weighted by Crippen LogP contribution is -2.10. The SMILES string of the molecule is CCS(=O)(=O)CCSc1ncnc2sc(C(=O)O)c(C)c12. The van der Waals surface area contributed by atoms with E-state index in [2.05, 4.69) is 9.97 Å². The number of aromatic carboxylic acids is 1. The van der Waals surface area contributed by atoms with Crippen LogP contribution in [0.3, 0.4) is 0 Å². The second-order valence-corrected chi connectivity index (χ2v) is 8.86. The van der Waals surface area contributed by atoms with Crippen molar-refractivity contribution in [2.45, 2.75) is 18.9 Å². The number of aryl methyl sites for hydroxylation is 1. The van der Waals surface area contributed by atoms with E-state index in [4.69, 9.17) is 5.11 Å². The molecule has 0 saturated carbocycles. The van der Waals surface area contributed by atoms with Gasteiger partial charge in [0, 0.05) is 16.9 Å². The molecule has 0 aliphatic heterocycles. The molecule has 0 atom stereocenters. The maximum atomic E-state index is 11.5. The highest BCUT2D eigenvalue weighted by Gasteiger charge is 2.19. The minimum atomic E-state index is -3.02. The van der Waals surface area contributed by atoms with Gasteiger partial charge in [-0.05, 0) is 12.5 Å². The fourth-order valence-corrected chi connectivity index (χ4v) is 5.16. The fourth-order valence-electron chi connectivity index (χ4n) is 1.76. The summed E-state index contributed by atoms with van der Waals surface area (Å²) in [7, 11) is -3.02.